The molecule has 0 spiro atoms. The molecule has 1 atom stereocenters. The molecule has 9 nitrogen and oxygen atoms in total. The molecule has 224 valence electrons. The molecule has 39 heavy (non-hydrogen) atoms. The summed E-state index contributed by atoms with van der Waals surface area (Å²) in [6.45, 7) is 4.97. The first-order valence-corrected chi connectivity index (χ1v) is 15.3. The topological polar surface area (TPSA) is 128 Å². The van der Waals surface area contributed by atoms with Crippen molar-refractivity contribution in [2.45, 2.75) is 129 Å². The van der Waals surface area contributed by atoms with Crippen molar-refractivity contribution in [2.24, 2.45) is 5.73 Å². The molecule has 0 aliphatic carbocycles. The highest BCUT2D eigenvalue weighted by Gasteiger charge is 2.22. The maximum absolute atomic E-state index is 13.0. The van der Waals surface area contributed by atoms with Crippen molar-refractivity contribution in [3.05, 3.63) is 18.2 Å². The van der Waals surface area contributed by atoms with Gasteiger partial charge in [0.15, 0.2) is 0 Å². The van der Waals surface area contributed by atoms with Crippen LogP contribution in [0.3, 0.4) is 0 Å². The number of nitrogens with zero attached hydrogens (tertiary/aromatic N) is 2. The second-order valence-electron chi connectivity index (χ2n) is 10.4. The maximum Gasteiger partial charge on any atom is 0.305 e. The summed E-state index contributed by atoms with van der Waals surface area (Å²) >= 11 is 0. The van der Waals surface area contributed by atoms with E-state index in [4.69, 9.17) is 15.2 Å². The predicted octanol–water partition coefficient (Wildman–Crippen LogP) is 5.48. The van der Waals surface area contributed by atoms with Gasteiger partial charge in [-0.3, -0.25) is 14.4 Å². The lowest BCUT2D eigenvalue weighted by Gasteiger charge is -2.25. The predicted molar refractivity (Wildman–Crippen MR) is 154 cm³/mol. The zero-order chi connectivity index (χ0) is 28.6. The second kappa shape index (κ2) is 23.5. The van der Waals surface area contributed by atoms with E-state index in [1.165, 1.54) is 56.3 Å². The van der Waals surface area contributed by atoms with E-state index in [0.717, 1.165) is 44.2 Å². The number of hydrogen-bond acceptors (Lipinski definition) is 7. The summed E-state index contributed by atoms with van der Waals surface area (Å²) in [5, 5.41) is 0. The van der Waals surface area contributed by atoms with Crippen molar-refractivity contribution in [1.82, 2.24) is 14.9 Å². The number of imidazole rings is 1. The number of esters is 2. The van der Waals surface area contributed by atoms with E-state index in [0.29, 0.717) is 19.3 Å². The van der Waals surface area contributed by atoms with Gasteiger partial charge in [-0.2, -0.15) is 0 Å². The van der Waals surface area contributed by atoms with Crippen molar-refractivity contribution in [3.8, 4) is 0 Å². The minimum absolute atomic E-state index is 0.0871. The van der Waals surface area contributed by atoms with Gasteiger partial charge >= 0.3 is 11.9 Å². The molecule has 0 aliphatic rings. The molecule has 0 bridgehead atoms. The molecule has 0 radical (unpaired) electrons. The molecular weight excluding hydrogens is 496 g/mol. The Morgan fingerprint density at radius 1 is 0.795 bits per heavy atom. The summed E-state index contributed by atoms with van der Waals surface area (Å²) in [4.78, 5) is 45.8. The van der Waals surface area contributed by atoms with E-state index < -0.39 is 6.04 Å². The third-order valence-corrected chi connectivity index (χ3v) is 6.84. The molecule has 1 aromatic rings. The lowest BCUT2D eigenvalue weighted by Crippen LogP contribution is -2.47. The molecule has 0 aromatic carbocycles. The van der Waals surface area contributed by atoms with Crippen molar-refractivity contribution in [1.29, 1.82) is 0 Å². The summed E-state index contributed by atoms with van der Waals surface area (Å²) < 4.78 is 10.8. The van der Waals surface area contributed by atoms with Crippen LogP contribution in [0, 0.1) is 0 Å². The van der Waals surface area contributed by atoms with Crippen molar-refractivity contribution in [2.75, 3.05) is 26.3 Å². The van der Waals surface area contributed by atoms with Gasteiger partial charge in [-0.05, 0) is 12.8 Å². The number of carbonyl (C=O) groups excluding carboxylic acids is 3. The number of nitrogens with two attached hydrogens (primary N) is 1. The summed E-state index contributed by atoms with van der Waals surface area (Å²) in [6, 6.07) is -0.780. The van der Waals surface area contributed by atoms with E-state index in [9.17, 15) is 14.4 Å². The summed E-state index contributed by atoms with van der Waals surface area (Å²) in [6.07, 6.45) is 20.1. The number of H-pyrrole nitrogens is 1. The average Bonchev–Trinajstić information content (AvgIpc) is 3.43. The van der Waals surface area contributed by atoms with E-state index >= 15 is 0 Å². The molecule has 1 heterocycles. The van der Waals surface area contributed by atoms with Crippen LogP contribution in [0.1, 0.15) is 122 Å². The fourth-order valence-corrected chi connectivity index (χ4v) is 4.42. The minimum Gasteiger partial charge on any atom is -0.464 e. The van der Waals surface area contributed by atoms with Gasteiger partial charge in [0.1, 0.15) is 13.2 Å². The molecule has 1 aromatic heterocycles. The number of amides is 1. The monoisotopic (exact) mass is 550 g/mol. The normalized spacial score (nSPS) is 11.8. The maximum atomic E-state index is 13.0. The van der Waals surface area contributed by atoms with Crippen molar-refractivity contribution in [3.63, 3.8) is 0 Å². The van der Waals surface area contributed by atoms with Crippen LogP contribution in [0.25, 0.3) is 0 Å². The molecule has 3 N–H and O–H groups in total. The molecule has 1 rings (SSSR count). The number of carbonyl (C=O) groups is 3. The van der Waals surface area contributed by atoms with E-state index in [1.807, 2.05) is 0 Å². The first kappa shape index (κ1) is 34.6. The van der Waals surface area contributed by atoms with E-state index in [1.54, 1.807) is 12.5 Å². The Labute approximate surface area is 236 Å². The highest BCUT2D eigenvalue weighted by atomic mass is 16.5. The van der Waals surface area contributed by atoms with Crippen LogP contribution < -0.4 is 5.73 Å². The molecule has 0 aliphatic heterocycles. The number of hydrogen-bond donors (Lipinski definition) is 2. The van der Waals surface area contributed by atoms with Crippen molar-refractivity contribution < 1.29 is 23.9 Å². The standard InChI is InChI=1S/C30H54N4O5/c1-3-5-7-9-11-13-15-17-28(35)38-21-19-34(30(37)27(31)23-26-24-32-25-33-26)20-22-39-29(36)18-16-14-12-10-8-6-4-2/h24-25,27H,3-23,31H2,1-2H3,(H,32,33). The van der Waals surface area contributed by atoms with Crippen LogP contribution in [0.4, 0.5) is 0 Å². The Morgan fingerprint density at radius 2 is 1.26 bits per heavy atom. The van der Waals surface area contributed by atoms with E-state index in [-0.39, 0.29) is 44.1 Å². The third-order valence-electron chi connectivity index (χ3n) is 6.84. The van der Waals surface area contributed by atoms with Crippen LogP contribution in [0.2, 0.25) is 0 Å². The van der Waals surface area contributed by atoms with Crippen LogP contribution in [-0.2, 0) is 30.3 Å². The first-order chi connectivity index (χ1) is 19.0. The van der Waals surface area contributed by atoms with Gasteiger partial charge in [0.25, 0.3) is 0 Å². The number of aromatic nitrogens is 2. The quantitative estimate of drug-likeness (QED) is 0.122. The van der Waals surface area contributed by atoms with Gasteiger partial charge in [0.05, 0.1) is 25.5 Å². The van der Waals surface area contributed by atoms with Gasteiger partial charge < -0.3 is 25.1 Å². The Morgan fingerprint density at radius 3 is 1.69 bits per heavy atom. The zero-order valence-corrected chi connectivity index (χ0v) is 24.6. The Balaban J connectivity index is 2.39. The highest BCUT2D eigenvalue weighted by molar-refractivity contribution is 5.82. The summed E-state index contributed by atoms with van der Waals surface area (Å²) in [5.41, 5.74) is 6.93. The largest absolute Gasteiger partial charge is 0.464 e. The van der Waals surface area contributed by atoms with Crippen LogP contribution in [0.5, 0.6) is 0 Å². The van der Waals surface area contributed by atoms with E-state index in [2.05, 4.69) is 23.8 Å². The number of ether oxygens (including phenoxy) is 2. The molecule has 0 saturated heterocycles. The highest BCUT2D eigenvalue weighted by Crippen LogP contribution is 2.10. The minimum atomic E-state index is -0.780. The Hall–Kier alpha value is -2.42. The first-order valence-electron chi connectivity index (χ1n) is 15.3. The zero-order valence-electron chi connectivity index (χ0n) is 24.6. The molecule has 9 heteroatoms. The smallest absolute Gasteiger partial charge is 0.305 e. The summed E-state index contributed by atoms with van der Waals surface area (Å²) in [5.74, 6) is -0.784. The number of rotatable bonds is 25. The fourth-order valence-electron chi connectivity index (χ4n) is 4.42. The van der Waals surface area contributed by atoms with Crippen LogP contribution in [0.15, 0.2) is 12.5 Å². The number of unbranched alkanes of at least 4 members (excludes halogenated alkanes) is 12. The summed E-state index contributed by atoms with van der Waals surface area (Å²) in [7, 11) is 0. The number of nitrogens with one attached hydrogen (secondary N) is 1. The molecular formula is C30H54N4O5. The SMILES string of the molecule is CCCCCCCCCC(=O)OCCN(CCOC(=O)CCCCCCCCC)C(=O)C(N)Cc1cnc[nH]1. The third kappa shape index (κ3) is 18.5. The van der Waals surface area contributed by atoms with Crippen LogP contribution in [-0.4, -0.2) is 65.1 Å². The second-order valence-corrected chi connectivity index (χ2v) is 10.4. The lowest BCUT2D eigenvalue weighted by molar-refractivity contribution is -0.148. The lowest BCUT2D eigenvalue weighted by atomic mass is 10.1. The van der Waals surface area contributed by atoms with Gasteiger partial charge in [-0.15, -0.1) is 0 Å². The molecule has 0 saturated carbocycles. The van der Waals surface area contributed by atoms with Gasteiger partial charge in [0.2, 0.25) is 5.91 Å². The Kier molecular flexibility index (Phi) is 20.8. The van der Waals surface area contributed by atoms with Gasteiger partial charge in [-0.1, -0.05) is 90.9 Å². The molecule has 0 fully saturated rings. The van der Waals surface area contributed by atoms with Gasteiger partial charge in [0, 0.05) is 31.2 Å². The van der Waals surface area contributed by atoms with Crippen molar-refractivity contribution >= 4 is 17.8 Å². The molecule has 1 unspecified atom stereocenters. The van der Waals surface area contributed by atoms with Gasteiger partial charge in [-0.25, -0.2) is 4.98 Å². The Bertz CT molecular complexity index is 721. The molecule has 1 amide bonds. The van der Waals surface area contributed by atoms with Crippen LogP contribution >= 0.6 is 0 Å². The fraction of sp³-hybridized carbons (Fsp3) is 0.800. The average molecular weight is 551 g/mol. The number of aromatic amines is 1.